The smallest absolute Gasteiger partial charge is 0.321 e. The van der Waals surface area contributed by atoms with E-state index >= 15 is 0 Å². The van der Waals surface area contributed by atoms with Gasteiger partial charge in [0.25, 0.3) is 0 Å². The summed E-state index contributed by atoms with van der Waals surface area (Å²) < 4.78 is 0. The normalized spacial score (nSPS) is 13.1. The van der Waals surface area contributed by atoms with Gasteiger partial charge in [-0.1, -0.05) is 6.92 Å². The fourth-order valence-electron chi connectivity index (χ4n) is 1.04. The molecule has 1 unspecified atom stereocenters. The Kier molecular flexibility index (Phi) is 5.28. The molecule has 0 aromatic heterocycles. The number of hydrogen-bond donors (Lipinski definition) is 3. The van der Waals surface area contributed by atoms with Crippen molar-refractivity contribution < 1.29 is 9.59 Å². The van der Waals surface area contributed by atoms with E-state index in [-0.39, 0.29) is 11.4 Å². The molecule has 0 aliphatic rings. The van der Waals surface area contributed by atoms with Gasteiger partial charge in [-0.05, 0) is 27.2 Å². The Morgan fingerprint density at radius 3 is 2.27 bits per heavy atom. The largest absolute Gasteiger partial charge is 0.341 e. The number of rotatable bonds is 4. The summed E-state index contributed by atoms with van der Waals surface area (Å²) in [5.41, 5.74) is -0.112. The summed E-state index contributed by atoms with van der Waals surface area (Å²) in [5, 5.41) is 7.70. The van der Waals surface area contributed by atoms with Crippen LogP contribution < -0.4 is 16.0 Å². The molecule has 0 radical (unpaired) electrons. The van der Waals surface area contributed by atoms with Crippen LogP contribution >= 0.6 is 0 Å². The minimum absolute atomic E-state index is 0.112. The molecule has 0 saturated heterocycles. The molecule has 3 N–H and O–H groups in total. The van der Waals surface area contributed by atoms with Crippen molar-refractivity contribution in [3.63, 3.8) is 0 Å². The molecule has 88 valence electrons. The van der Waals surface area contributed by atoms with Crippen molar-refractivity contribution in [2.45, 2.75) is 45.7 Å². The van der Waals surface area contributed by atoms with Crippen LogP contribution in [0.2, 0.25) is 0 Å². The topological polar surface area (TPSA) is 70.2 Å². The third-order valence-corrected chi connectivity index (χ3v) is 2.35. The van der Waals surface area contributed by atoms with E-state index in [2.05, 4.69) is 16.0 Å². The van der Waals surface area contributed by atoms with Gasteiger partial charge in [-0.2, -0.15) is 0 Å². The summed E-state index contributed by atoms with van der Waals surface area (Å²) in [6, 6.07) is -0.875. The summed E-state index contributed by atoms with van der Waals surface area (Å²) in [5.74, 6) is -0.323. The predicted molar refractivity (Wildman–Crippen MR) is 59.6 cm³/mol. The van der Waals surface area contributed by atoms with Gasteiger partial charge >= 0.3 is 6.03 Å². The number of amides is 3. The standard InChI is InChI=1S/C10H21N3O2/c1-6-10(3,4)13-7(2)8(14)12-9(15)11-5/h7,13H,6H2,1-5H3,(H2,11,12,14,15). The Hall–Kier alpha value is -1.10. The number of nitrogens with one attached hydrogen (secondary N) is 3. The van der Waals surface area contributed by atoms with Gasteiger partial charge in [-0.25, -0.2) is 4.79 Å². The Labute approximate surface area is 91.0 Å². The lowest BCUT2D eigenvalue weighted by Gasteiger charge is -2.28. The number of imide groups is 1. The maximum Gasteiger partial charge on any atom is 0.321 e. The lowest BCUT2D eigenvalue weighted by atomic mass is 10.0. The molecule has 0 heterocycles. The molecule has 15 heavy (non-hydrogen) atoms. The highest BCUT2D eigenvalue weighted by Gasteiger charge is 2.22. The van der Waals surface area contributed by atoms with E-state index in [4.69, 9.17) is 0 Å². The van der Waals surface area contributed by atoms with Crippen molar-refractivity contribution >= 4 is 11.9 Å². The Morgan fingerprint density at radius 2 is 1.87 bits per heavy atom. The maximum absolute atomic E-state index is 11.5. The van der Waals surface area contributed by atoms with Gasteiger partial charge in [0.2, 0.25) is 5.91 Å². The van der Waals surface area contributed by atoms with E-state index in [9.17, 15) is 9.59 Å². The molecule has 5 heteroatoms. The van der Waals surface area contributed by atoms with Gasteiger partial charge in [0.05, 0.1) is 6.04 Å². The highest BCUT2D eigenvalue weighted by molar-refractivity contribution is 5.96. The predicted octanol–water partition coefficient (Wildman–Crippen LogP) is 0.609. The van der Waals surface area contributed by atoms with Crippen molar-refractivity contribution in [1.29, 1.82) is 0 Å². The van der Waals surface area contributed by atoms with E-state index in [0.717, 1.165) is 6.42 Å². The fraction of sp³-hybridized carbons (Fsp3) is 0.800. The summed E-state index contributed by atoms with van der Waals surface area (Å²) in [6.45, 7) is 7.79. The summed E-state index contributed by atoms with van der Waals surface area (Å²) in [4.78, 5) is 22.4. The molecule has 0 aromatic carbocycles. The van der Waals surface area contributed by atoms with Crippen LogP contribution in [-0.2, 0) is 4.79 Å². The molecular formula is C10H21N3O2. The van der Waals surface area contributed by atoms with Crippen LogP contribution in [0.3, 0.4) is 0 Å². The van der Waals surface area contributed by atoms with Gasteiger partial charge in [0.15, 0.2) is 0 Å². The van der Waals surface area contributed by atoms with Crippen LogP contribution in [0.5, 0.6) is 0 Å². The molecule has 0 bridgehead atoms. The van der Waals surface area contributed by atoms with Crippen molar-refractivity contribution in [2.75, 3.05) is 7.05 Å². The highest BCUT2D eigenvalue weighted by Crippen LogP contribution is 2.07. The first-order valence-corrected chi connectivity index (χ1v) is 5.12. The molecular weight excluding hydrogens is 194 g/mol. The van der Waals surface area contributed by atoms with Crippen molar-refractivity contribution in [3.8, 4) is 0 Å². The third-order valence-electron chi connectivity index (χ3n) is 2.35. The van der Waals surface area contributed by atoms with E-state index in [1.165, 1.54) is 7.05 Å². The molecule has 0 fully saturated rings. The lowest BCUT2D eigenvalue weighted by molar-refractivity contribution is -0.122. The van der Waals surface area contributed by atoms with E-state index in [0.29, 0.717) is 0 Å². The molecule has 0 rings (SSSR count). The second kappa shape index (κ2) is 5.70. The highest BCUT2D eigenvalue weighted by atomic mass is 16.2. The Balaban J connectivity index is 4.16. The minimum Gasteiger partial charge on any atom is -0.341 e. The lowest BCUT2D eigenvalue weighted by Crippen LogP contribution is -2.53. The first-order chi connectivity index (χ1) is 6.82. The summed E-state index contributed by atoms with van der Waals surface area (Å²) in [6.07, 6.45) is 0.907. The van der Waals surface area contributed by atoms with Gasteiger partial charge in [-0.3, -0.25) is 10.1 Å². The van der Waals surface area contributed by atoms with Gasteiger partial charge in [-0.15, -0.1) is 0 Å². The van der Waals surface area contributed by atoms with Crippen molar-refractivity contribution in [3.05, 3.63) is 0 Å². The molecule has 0 spiro atoms. The van der Waals surface area contributed by atoms with Gasteiger partial charge in [0, 0.05) is 12.6 Å². The van der Waals surface area contributed by atoms with Crippen LogP contribution in [0.25, 0.3) is 0 Å². The molecule has 3 amide bonds. The Morgan fingerprint density at radius 1 is 1.33 bits per heavy atom. The first kappa shape index (κ1) is 13.9. The minimum atomic E-state index is -0.483. The molecule has 1 atom stereocenters. The van der Waals surface area contributed by atoms with Crippen molar-refractivity contribution in [2.24, 2.45) is 0 Å². The molecule has 0 aliphatic carbocycles. The third kappa shape index (κ3) is 5.37. The van der Waals surface area contributed by atoms with E-state index in [1.807, 2.05) is 20.8 Å². The zero-order valence-corrected chi connectivity index (χ0v) is 10.1. The second-order valence-corrected chi connectivity index (χ2v) is 4.17. The molecule has 0 aliphatic heterocycles. The van der Waals surface area contributed by atoms with Crippen LogP contribution in [0, 0.1) is 0 Å². The van der Waals surface area contributed by atoms with Crippen LogP contribution in [-0.4, -0.2) is 30.6 Å². The van der Waals surface area contributed by atoms with Crippen molar-refractivity contribution in [1.82, 2.24) is 16.0 Å². The van der Waals surface area contributed by atoms with E-state index < -0.39 is 12.1 Å². The zero-order chi connectivity index (χ0) is 12.1. The maximum atomic E-state index is 11.5. The number of carbonyl (C=O) groups is 2. The zero-order valence-electron chi connectivity index (χ0n) is 10.1. The molecule has 5 nitrogen and oxygen atoms in total. The average Bonchev–Trinajstić information content (AvgIpc) is 2.16. The second-order valence-electron chi connectivity index (χ2n) is 4.17. The van der Waals surface area contributed by atoms with Crippen LogP contribution in [0.1, 0.15) is 34.1 Å². The number of hydrogen-bond acceptors (Lipinski definition) is 3. The average molecular weight is 215 g/mol. The summed E-state index contributed by atoms with van der Waals surface area (Å²) in [7, 11) is 1.47. The fourth-order valence-corrected chi connectivity index (χ4v) is 1.04. The van der Waals surface area contributed by atoms with Gasteiger partial charge < -0.3 is 10.6 Å². The van der Waals surface area contributed by atoms with Crippen LogP contribution in [0.15, 0.2) is 0 Å². The number of urea groups is 1. The SMILES string of the molecule is CCC(C)(C)NC(C)C(=O)NC(=O)NC. The van der Waals surface area contributed by atoms with Gasteiger partial charge in [0.1, 0.15) is 0 Å². The number of carbonyl (C=O) groups excluding carboxylic acids is 2. The quantitative estimate of drug-likeness (QED) is 0.643. The summed E-state index contributed by atoms with van der Waals surface area (Å²) >= 11 is 0. The molecule has 0 saturated carbocycles. The first-order valence-electron chi connectivity index (χ1n) is 5.12. The van der Waals surface area contributed by atoms with Crippen LogP contribution in [0.4, 0.5) is 4.79 Å². The monoisotopic (exact) mass is 215 g/mol. The molecule has 0 aromatic rings. The van der Waals surface area contributed by atoms with E-state index in [1.54, 1.807) is 6.92 Å². The Bertz CT molecular complexity index is 239.